The number of methoxy groups -OCH3 is 2. The number of aromatic amines is 1. The van der Waals surface area contributed by atoms with Gasteiger partial charge in [0.1, 0.15) is 11.6 Å². The first-order chi connectivity index (χ1) is 10.8. The molecule has 1 heterocycles. The van der Waals surface area contributed by atoms with Gasteiger partial charge in [-0.05, 0) is 19.1 Å². The van der Waals surface area contributed by atoms with Gasteiger partial charge in [-0.3, -0.25) is 0 Å². The topological polar surface area (TPSA) is 56.4 Å². The standard InChI is InChI=1S/C17H18N2O3/c1-4-22-14-8-6-5-7-11(14)17-18-12-9-15(20-2)16(21-3)10-13(12)19-17/h5-10H,4H2,1-3H3,(H,18,19). The fraction of sp³-hybridized carbons (Fsp3) is 0.235. The zero-order chi connectivity index (χ0) is 15.5. The summed E-state index contributed by atoms with van der Waals surface area (Å²) in [5.74, 6) is 2.90. The van der Waals surface area contributed by atoms with E-state index in [0.717, 1.165) is 28.2 Å². The summed E-state index contributed by atoms with van der Waals surface area (Å²) in [6, 6.07) is 11.6. The molecule has 0 aliphatic heterocycles. The van der Waals surface area contributed by atoms with E-state index in [4.69, 9.17) is 14.2 Å². The second-order valence-corrected chi connectivity index (χ2v) is 4.74. The van der Waals surface area contributed by atoms with E-state index >= 15 is 0 Å². The SMILES string of the molecule is CCOc1ccccc1-c1nc2cc(OC)c(OC)cc2[nH]1. The van der Waals surface area contributed by atoms with Gasteiger partial charge in [0.2, 0.25) is 0 Å². The molecule has 0 saturated carbocycles. The summed E-state index contributed by atoms with van der Waals surface area (Å²) in [5.41, 5.74) is 2.64. The fourth-order valence-corrected chi connectivity index (χ4v) is 2.41. The van der Waals surface area contributed by atoms with Crippen molar-refractivity contribution in [2.24, 2.45) is 0 Å². The molecule has 0 bridgehead atoms. The quantitative estimate of drug-likeness (QED) is 0.781. The van der Waals surface area contributed by atoms with Crippen molar-refractivity contribution in [3.05, 3.63) is 36.4 Å². The smallest absolute Gasteiger partial charge is 0.163 e. The molecule has 0 aliphatic rings. The number of para-hydroxylation sites is 1. The van der Waals surface area contributed by atoms with Gasteiger partial charge >= 0.3 is 0 Å². The minimum atomic E-state index is 0.610. The largest absolute Gasteiger partial charge is 0.493 e. The maximum absolute atomic E-state index is 5.67. The molecule has 0 spiro atoms. The van der Waals surface area contributed by atoms with Gasteiger partial charge in [0.05, 0.1) is 37.4 Å². The summed E-state index contributed by atoms with van der Waals surface area (Å²) in [6.07, 6.45) is 0. The number of imidazole rings is 1. The number of H-pyrrole nitrogens is 1. The predicted molar refractivity (Wildman–Crippen MR) is 85.8 cm³/mol. The van der Waals surface area contributed by atoms with Crippen LogP contribution in [0.25, 0.3) is 22.4 Å². The molecule has 0 atom stereocenters. The van der Waals surface area contributed by atoms with Crippen LogP contribution in [0.2, 0.25) is 0 Å². The van der Waals surface area contributed by atoms with E-state index in [1.165, 1.54) is 0 Å². The molecule has 22 heavy (non-hydrogen) atoms. The first-order valence-electron chi connectivity index (χ1n) is 7.10. The molecule has 0 fully saturated rings. The Morgan fingerprint density at radius 1 is 1.00 bits per heavy atom. The lowest BCUT2D eigenvalue weighted by Gasteiger charge is -2.07. The van der Waals surface area contributed by atoms with Crippen molar-refractivity contribution in [2.75, 3.05) is 20.8 Å². The van der Waals surface area contributed by atoms with Crippen molar-refractivity contribution >= 4 is 11.0 Å². The van der Waals surface area contributed by atoms with E-state index in [0.29, 0.717) is 18.1 Å². The van der Waals surface area contributed by atoms with Crippen LogP contribution in [0.15, 0.2) is 36.4 Å². The normalized spacial score (nSPS) is 10.7. The van der Waals surface area contributed by atoms with Crippen molar-refractivity contribution in [3.8, 4) is 28.6 Å². The van der Waals surface area contributed by atoms with Gasteiger partial charge in [0.15, 0.2) is 11.5 Å². The molecule has 0 radical (unpaired) electrons. The van der Waals surface area contributed by atoms with E-state index in [2.05, 4.69) is 9.97 Å². The molecular formula is C17H18N2O3. The Hall–Kier alpha value is -2.69. The molecule has 3 rings (SSSR count). The summed E-state index contributed by atoms with van der Waals surface area (Å²) in [5, 5.41) is 0. The molecule has 0 unspecified atom stereocenters. The Morgan fingerprint density at radius 2 is 1.73 bits per heavy atom. The van der Waals surface area contributed by atoms with Gasteiger partial charge in [-0.25, -0.2) is 4.98 Å². The summed E-state index contributed by atoms with van der Waals surface area (Å²) in [4.78, 5) is 7.95. The number of hydrogen-bond donors (Lipinski definition) is 1. The molecule has 0 amide bonds. The average molecular weight is 298 g/mol. The summed E-state index contributed by atoms with van der Waals surface area (Å²) < 4.78 is 16.3. The lowest BCUT2D eigenvalue weighted by Crippen LogP contribution is -1.94. The van der Waals surface area contributed by atoms with Crippen LogP contribution >= 0.6 is 0 Å². The number of hydrogen-bond acceptors (Lipinski definition) is 4. The maximum atomic E-state index is 5.67. The van der Waals surface area contributed by atoms with Crippen LogP contribution in [0.4, 0.5) is 0 Å². The third kappa shape index (κ3) is 2.45. The molecule has 0 saturated heterocycles. The van der Waals surface area contributed by atoms with Gasteiger partial charge in [-0.2, -0.15) is 0 Å². The van der Waals surface area contributed by atoms with Gasteiger partial charge in [0, 0.05) is 12.1 Å². The molecule has 114 valence electrons. The minimum Gasteiger partial charge on any atom is -0.493 e. The second-order valence-electron chi connectivity index (χ2n) is 4.74. The molecule has 1 N–H and O–H groups in total. The lowest BCUT2D eigenvalue weighted by atomic mass is 10.2. The summed E-state index contributed by atoms with van der Waals surface area (Å²) in [7, 11) is 3.23. The first kappa shape index (κ1) is 14.3. The van der Waals surface area contributed by atoms with Gasteiger partial charge in [-0.1, -0.05) is 12.1 Å². The van der Waals surface area contributed by atoms with Crippen LogP contribution in [0.3, 0.4) is 0 Å². The van der Waals surface area contributed by atoms with Gasteiger partial charge in [-0.15, -0.1) is 0 Å². The molecule has 1 aromatic heterocycles. The Morgan fingerprint density at radius 3 is 2.45 bits per heavy atom. The van der Waals surface area contributed by atoms with Crippen molar-refractivity contribution < 1.29 is 14.2 Å². The van der Waals surface area contributed by atoms with Crippen LogP contribution in [0, 0.1) is 0 Å². The van der Waals surface area contributed by atoms with Gasteiger partial charge < -0.3 is 19.2 Å². The van der Waals surface area contributed by atoms with Crippen LogP contribution in [-0.4, -0.2) is 30.8 Å². The number of rotatable bonds is 5. The van der Waals surface area contributed by atoms with Crippen molar-refractivity contribution in [2.45, 2.75) is 6.92 Å². The third-order valence-electron chi connectivity index (χ3n) is 3.43. The second kappa shape index (κ2) is 5.97. The highest BCUT2D eigenvalue weighted by atomic mass is 16.5. The van der Waals surface area contributed by atoms with E-state index < -0.39 is 0 Å². The van der Waals surface area contributed by atoms with Crippen molar-refractivity contribution in [3.63, 3.8) is 0 Å². The highest BCUT2D eigenvalue weighted by Gasteiger charge is 2.13. The highest BCUT2D eigenvalue weighted by Crippen LogP contribution is 2.34. The number of nitrogens with one attached hydrogen (secondary N) is 1. The number of aromatic nitrogens is 2. The van der Waals surface area contributed by atoms with E-state index in [1.807, 2.05) is 43.3 Å². The predicted octanol–water partition coefficient (Wildman–Crippen LogP) is 3.65. The van der Waals surface area contributed by atoms with Crippen LogP contribution < -0.4 is 14.2 Å². The van der Waals surface area contributed by atoms with Gasteiger partial charge in [0.25, 0.3) is 0 Å². The molecular weight excluding hydrogens is 280 g/mol. The lowest BCUT2D eigenvalue weighted by molar-refractivity contribution is 0.341. The molecule has 5 nitrogen and oxygen atoms in total. The van der Waals surface area contributed by atoms with E-state index in [-0.39, 0.29) is 0 Å². The monoisotopic (exact) mass is 298 g/mol. The number of benzene rings is 2. The number of nitrogens with zero attached hydrogens (tertiary/aromatic N) is 1. The zero-order valence-electron chi connectivity index (χ0n) is 12.8. The Balaban J connectivity index is 2.13. The maximum Gasteiger partial charge on any atom is 0.163 e. The van der Waals surface area contributed by atoms with Crippen LogP contribution in [0.1, 0.15) is 6.92 Å². The Labute approximate surface area is 128 Å². The Bertz CT molecular complexity index is 755. The fourth-order valence-electron chi connectivity index (χ4n) is 2.41. The molecule has 3 aromatic rings. The summed E-state index contributed by atoms with van der Waals surface area (Å²) >= 11 is 0. The van der Waals surface area contributed by atoms with Crippen LogP contribution in [0.5, 0.6) is 17.2 Å². The molecule has 5 heteroatoms. The summed E-state index contributed by atoms with van der Waals surface area (Å²) in [6.45, 7) is 2.57. The molecule has 2 aromatic carbocycles. The third-order valence-corrected chi connectivity index (χ3v) is 3.43. The van der Waals surface area contributed by atoms with E-state index in [9.17, 15) is 0 Å². The highest BCUT2D eigenvalue weighted by molar-refractivity contribution is 5.84. The zero-order valence-corrected chi connectivity index (χ0v) is 12.8. The Kier molecular flexibility index (Phi) is 3.87. The number of ether oxygens (including phenoxy) is 3. The number of fused-ring (bicyclic) bond motifs is 1. The van der Waals surface area contributed by atoms with Crippen molar-refractivity contribution in [1.29, 1.82) is 0 Å². The van der Waals surface area contributed by atoms with E-state index in [1.54, 1.807) is 14.2 Å². The van der Waals surface area contributed by atoms with Crippen molar-refractivity contribution in [1.82, 2.24) is 9.97 Å². The molecule has 0 aliphatic carbocycles. The average Bonchev–Trinajstić information content (AvgIpc) is 2.96. The van der Waals surface area contributed by atoms with Crippen LogP contribution in [-0.2, 0) is 0 Å². The minimum absolute atomic E-state index is 0.610. The first-order valence-corrected chi connectivity index (χ1v) is 7.10.